The number of hydrogen-bond donors (Lipinski definition) is 0. The first-order valence-corrected chi connectivity index (χ1v) is 9.07. The third-order valence-electron chi connectivity index (χ3n) is 4.50. The third kappa shape index (κ3) is 4.04. The Kier molecular flexibility index (Phi) is 5.12. The lowest BCUT2D eigenvalue weighted by Crippen LogP contribution is -2.11. The predicted octanol–water partition coefficient (Wildman–Crippen LogP) is 4.57. The summed E-state index contributed by atoms with van der Waals surface area (Å²) in [6.07, 6.45) is 1.67. The molecule has 0 radical (unpaired) electrons. The minimum atomic E-state index is -0.199. The van der Waals surface area contributed by atoms with E-state index in [2.05, 4.69) is 0 Å². The van der Waals surface area contributed by atoms with E-state index >= 15 is 0 Å². The van der Waals surface area contributed by atoms with E-state index in [9.17, 15) is 9.59 Å². The van der Waals surface area contributed by atoms with Crippen LogP contribution in [0.3, 0.4) is 0 Å². The van der Waals surface area contributed by atoms with Gasteiger partial charge in [-0.3, -0.25) is 9.59 Å². The van der Waals surface area contributed by atoms with Crippen molar-refractivity contribution in [3.8, 4) is 17.2 Å². The number of fused-ring (bicyclic) bond motifs is 1. The molecule has 0 saturated heterocycles. The van der Waals surface area contributed by atoms with E-state index in [1.807, 2.05) is 30.3 Å². The van der Waals surface area contributed by atoms with Gasteiger partial charge in [-0.25, -0.2) is 0 Å². The fourth-order valence-electron chi connectivity index (χ4n) is 3.00. The Balaban J connectivity index is 1.48. The maximum absolute atomic E-state index is 12.6. The molecule has 0 aliphatic carbocycles. The standard InChI is InChI=1S/C24H18O5/c1-27-18-9-5-6-16(12-18)13-23-24(26)20-11-10-19(14-22(20)29-23)28-15-21(25)17-7-3-2-4-8-17/h2-14H,15H2,1H3/b23-13-. The minimum Gasteiger partial charge on any atom is -0.497 e. The molecule has 29 heavy (non-hydrogen) atoms. The van der Waals surface area contributed by atoms with Crippen molar-refractivity contribution < 1.29 is 23.8 Å². The zero-order valence-corrected chi connectivity index (χ0v) is 15.8. The Morgan fingerprint density at radius 1 is 0.966 bits per heavy atom. The first-order valence-electron chi connectivity index (χ1n) is 9.07. The molecule has 5 nitrogen and oxygen atoms in total. The molecule has 144 valence electrons. The van der Waals surface area contributed by atoms with Gasteiger partial charge in [0.05, 0.1) is 12.7 Å². The molecule has 1 aliphatic rings. The SMILES string of the molecule is COc1cccc(/C=C2\Oc3cc(OCC(=O)c4ccccc4)ccc3C2=O)c1. The molecule has 0 N–H and O–H groups in total. The van der Waals surface area contributed by atoms with Gasteiger partial charge in [0.25, 0.3) is 0 Å². The second kappa shape index (κ2) is 8.02. The fraction of sp³-hybridized carbons (Fsp3) is 0.0833. The molecule has 4 rings (SSSR count). The van der Waals surface area contributed by atoms with E-state index in [1.165, 1.54) is 0 Å². The van der Waals surface area contributed by atoms with Crippen LogP contribution >= 0.6 is 0 Å². The zero-order valence-electron chi connectivity index (χ0n) is 15.8. The number of benzene rings is 3. The summed E-state index contributed by atoms with van der Waals surface area (Å²) in [6.45, 7) is -0.0940. The highest BCUT2D eigenvalue weighted by Gasteiger charge is 2.27. The number of carbonyl (C=O) groups excluding carboxylic acids is 2. The topological polar surface area (TPSA) is 61.8 Å². The lowest BCUT2D eigenvalue weighted by molar-refractivity contribution is 0.0921. The smallest absolute Gasteiger partial charge is 0.231 e. The summed E-state index contributed by atoms with van der Waals surface area (Å²) in [6, 6.07) is 21.2. The normalized spacial score (nSPS) is 13.7. The Labute approximate surface area is 168 Å². The number of ether oxygens (including phenoxy) is 3. The summed E-state index contributed by atoms with van der Waals surface area (Å²) in [7, 11) is 1.59. The molecule has 3 aromatic rings. The van der Waals surface area contributed by atoms with Crippen LogP contribution in [0.15, 0.2) is 78.6 Å². The second-order valence-corrected chi connectivity index (χ2v) is 6.45. The minimum absolute atomic E-state index is 0.0940. The molecule has 0 bridgehead atoms. The van der Waals surface area contributed by atoms with E-state index in [0.717, 1.165) is 5.56 Å². The van der Waals surface area contributed by atoms with Crippen molar-refractivity contribution in [2.24, 2.45) is 0 Å². The molecule has 5 heteroatoms. The molecule has 3 aromatic carbocycles. The molecule has 1 aliphatic heterocycles. The molecular formula is C24H18O5. The van der Waals surface area contributed by atoms with Crippen LogP contribution < -0.4 is 14.2 Å². The average molecular weight is 386 g/mol. The first-order chi connectivity index (χ1) is 14.1. The number of hydrogen-bond acceptors (Lipinski definition) is 5. The number of carbonyl (C=O) groups is 2. The van der Waals surface area contributed by atoms with Gasteiger partial charge in [0.15, 0.2) is 18.1 Å². The number of allylic oxidation sites excluding steroid dienone is 1. The molecule has 1 heterocycles. The van der Waals surface area contributed by atoms with Gasteiger partial charge in [0, 0.05) is 11.6 Å². The lowest BCUT2D eigenvalue weighted by atomic mass is 10.1. The summed E-state index contributed by atoms with van der Waals surface area (Å²) in [5.74, 6) is 1.47. The highest BCUT2D eigenvalue weighted by Crippen LogP contribution is 2.35. The van der Waals surface area contributed by atoms with Gasteiger partial charge in [-0.1, -0.05) is 42.5 Å². The number of methoxy groups -OCH3 is 1. The lowest BCUT2D eigenvalue weighted by Gasteiger charge is -2.07. The third-order valence-corrected chi connectivity index (χ3v) is 4.50. The zero-order chi connectivity index (χ0) is 20.2. The van der Waals surface area contributed by atoms with Crippen LogP contribution in [0, 0.1) is 0 Å². The molecule has 0 amide bonds. The van der Waals surface area contributed by atoms with E-state index in [1.54, 1.807) is 55.7 Å². The quantitative estimate of drug-likeness (QED) is 0.459. The summed E-state index contributed by atoms with van der Waals surface area (Å²) < 4.78 is 16.5. The molecule has 0 atom stereocenters. The summed E-state index contributed by atoms with van der Waals surface area (Å²) in [5, 5.41) is 0. The van der Waals surface area contributed by atoms with Gasteiger partial charge in [-0.15, -0.1) is 0 Å². The Hall–Kier alpha value is -3.86. The van der Waals surface area contributed by atoms with Crippen molar-refractivity contribution in [1.82, 2.24) is 0 Å². The van der Waals surface area contributed by atoms with Crippen LogP contribution in [0.25, 0.3) is 6.08 Å². The fourth-order valence-corrected chi connectivity index (χ4v) is 3.00. The molecule has 0 spiro atoms. The highest BCUT2D eigenvalue weighted by atomic mass is 16.5. The number of Topliss-reactive ketones (excluding diaryl/α,β-unsaturated/α-hetero) is 2. The molecular weight excluding hydrogens is 368 g/mol. The van der Waals surface area contributed by atoms with E-state index in [-0.39, 0.29) is 23.9 Å². The van der Waals surface area contributed by atoms with Gasteiger partial charge < -0.3 is 14.2 Å². The Bertz CT molecular complexity index is 1100. The van der Waals surface area contributed by atoms with E-state index < -0.39 is 0 Å². The van der Waals surface area contributed by atoms with Crippen molar-refractivity contribution in [3.63, 3.8) is 0 Å². The van der Waals surface area contributed by atoms with Gasteiger partial charge in [0.2, 0.25) is 5.78 Å². The summed E-state index contributed by atoms with van der Waals surface area (Å²) in [5.41, 5.74) is 1.84. The van der Waals surface area contributed by atoms with Crippen molar-refractivity contribution in [3.05, 3.63) is 95.2 Å². The van der Waals surface area contributed by atoms with Crippen LogP contribution in [-0.2, 0) is 0 Å². The second-order valence-electron chi connectivity index (χ2n) is 6.45. The number of rotatable bonds is 6. The van der Waals surface area contributed by atoms with Crippen LogP contribution in [0.5, 0.6) is 17.2 Å². The van der Waals surface area contributed by atoms with Gasteiger partial charge in [-0.2, -0.15) is 0 Å². The number of ketones is 2. The molecule has 0 fully saturated rings. The summed E-state index contributed by atoms with van der Waals surface area (Å²) in [4.78, 5) is 24.8. The van der Waals surface area contributed by atoms with Gasteiger partial charge in [0.1, 0.15) is 17.2 Å². The van der Waals surface area contributed by atoms with Crippen LogP contribution in [0.2, 0.25) is 0 Å². The maximum atomic E-state index is 12.6. The van der Waals surface area contributed by atoms with E-state index in [0.29, 0.717) is 28.4 Å². The van der Waals surface area contributed by atoms with Gasteiger partial charge >= 0.3 is 0 Å². The first kappa shape index (κ1) is 18.5. The van der Waals surface area contributed by atoms with Crippen molar-refractivity contribution >= 4 is 17.6 Å². The monoisotopic (exact) mass is 386 g/mol. The predicted molar refractivity (Wildman–Crippen MR) is 109 cm³/mol. The van der Waals surface area contributed by atoms with Crippen molar-refractivity contribution in [2.45, 2.75) is 0 Å². The Morgan fingerprint density at radius 2 is 1.79 bits per heavy atom. The van der Waals surface area contributed by atoms with Crippen LogP contribution in [-0.4, -0.2) is 25.3 Å². The van der Waals surface area contributed by atoms with Gasteiger partial charge in [-0.05, 0) is 35.9 Å². The Morgan fingerprint density at radius 3 is 2.59 bits per heavy atom. The summed E-state index contributed by atoms with van der Waals surface area (Å²) >= 11 is 0. The highest BCUT2D eigenvalue weighted by molar-refractivity contribution is 6.14. The van der Waals surface area contributed by atoms with Crippen LogP contribution in [0.1, 0.15) is 26.3 Å². The van der Waals surface area contributed by atoms with E-state index in [4.69, 9.17) is 14.2 Å². The largest absolute Gasteiger partial charge is 0.497 e. The molecule has 0 unspecified atom stereocenters. The average Bonchev–Trinajstić information content (AvgIpc) is 3.07. The molecule has 0 saturated carbocycles. The van der Waals surface area contributed by atoms with Crippen LogP contribution in [0.4, 0.5) is 0 Å². The molecule has 0 aromatic heterocycles. The maximum Gasteiger partial charge on any atom is 0.231 e. The van der Waals surface area contributed by atoms with Crippen molar-refractivity contribution in [1.29, 1.82) is 0 Å². The van der Waals surface area contributed by atoms with Crippen molar-refractivity contribution in [2.75, 3.05) is 13.7 Å².